The van der Waals surface area contributed by atoms with Gasteiger partial charge in [-0.05, 0) is 24.1 Å². The van der Waals surface area contributed by atoms with Crippen molar-refractivity contribution >= 4 is 16.0 Å². The van der Waals surface area contributed by atoms with Gasteiger partial charge in [-0.15, -0.1) is 0 Å². The summed E-state index contributed by atoms with van der Waals surface area (Å²) in [6.45, 7) is 1.59. The summed E-state index contributed by atoms with van der Waals surface area (Å²) in [6.07, 6.45) is 0.0193. The zero-order chi connectivity index (χ0) is 16.2. The van der Waals surface area contributed by atoms with Gasteiger partial charge in [-0.3, -0.25) is 0 Å². The molecule has 2 rings (SSSR count). The average molecular weight is 318 g/mol. The van der Waals surface area contributed by atoms with Crippen LogP contribution in [0.4, 0.5) is 0 Å². The van der Waals surface area contributed by atoms with E-state index in [0.717, 1.165) is 0 Å². The molecule has 0 amide bonds. The summed E-state index contributed by atoms with van der Waals surface area (Å²) in [4.78, 5) is 11.7. The molecule has 0 bridgehead atoms. The standard InChI is InChI=1S/C16H17NO4S/c1-2-16(15(18)19,13-9-5-3-6-10-13)17-22(20,21)14-11-7-4-8-12-14/h3-12,17H,2H2,1H3,(H,18,19)/p-1. The molecule has 0 spiro atoms. The average Bonchev–Trinajstić information content (AvgIpc) is 2.54. The van der Waals surface area contributed by atoms with Crippen molar-refractivity contribution in [1.82, 2.24) is 4.72 Å². The third-order valence-corrected chi connectivity index (χ3v) is 5.02. The van der Waals surface area contributed by atoms with Gasteiger partial charge in [-0.25, -0.2) is 8.42 Å². The number of hydrogen-bond donors (Lipinski definition) is 1. The van der Waals surface area contributed by atoms with Crippen LogP contribution in [0, 0.1) is 0 Å². The molecule has 2 aromatic rings. The number of carboxylic acids is 1. The van der Waals surface area contributed by atoms with E-state index < -0.39 is 21.5 Å². The van der Waals surface area contributed by atoms with Crippen molar-refractivity contribution in [2.24, 2.45) is 0 Å². The molecule has 22 heavy (non-hydrogen) atoms. The highest BCUT2D eigenvalue weighted by Crippen LogP contribution is 2.27. The number of benzene rings is 2. The Morgan fingerprint density at radius 3 is 2.00 bits per heavy atom. The van der Waals surface area contributed by atoms with Crippen molar-refractivity contribution in [2.45, 2.75) is 23.8 Å². The Balaban J connectivity index is 2.51. The van der Waals surface area contributed by atoms with Gasteiger partial charge in [-0.1, -0.05) is 55.5 Å². The zero-order valence-corrected chi connectivity index (χ0v) is 12.8. The van der Waals surface area contributed by atoms with Crippen LogP contribution in [0.25, 0.3) is 0 Å². The second-order valence-electron chi connectivity index (χ2n) is 4.83. The Morgan fingerprint density at radius 2 is 1.55 bits per heavy atom. The maximum atomic E-state index is 12.5. The first-order chi connectivity index (χ1) is 10.4. The number of carbonyl (C=O) groups excluding carboxylic acids is 1. The molecule has 6 heteroatoms. The largest absolute Gasteiger partial charge is 0.548 e. The molecule has 0 aromatic heterocycles. The third-order valence-electron chi connectivity index (χ3n) is 3.51. The Kier molecular flexibility index (Phi) is 4.63. The molecule has 1 unspecified atom stereocenters. The van der Waals surface area contributed by atoms with Crippen molar-refractivity contribution in [1.29, 1.82) is 0 Å². The fraction of sp³-hybridized carbons (Fsp3) is 0.188. The van der Waals surface area contributed by atoms with Crippen LogP contribution in [-0.4, -0.2) is 14.4 Å². The van der Waals surface area contributed by atoms with Gasteiger partial charge in [0.1, 0.15) is 0 Å². The molecular formula is C16H16NO4S-. The van der Waals surface area contributed by atoms with Gasteiger partial charge in [0, 0.05) is 0 Å². The van der Waals surface area contributed by atoms with Crippen LogP contribution in [0.15, 0.2) is 65.6 Å². The number of hydrogen-bond acceptors (Lipinski definition) is 4. The first-order valence-corrected chi connectivity index (χ1v) is 8.27. The van der Waals surface area contributed by atoms with Gasteiger partial charge in [0.25, 0.3) is 0 Å². The summed E-state index contributed by atoms with van der Waals surface area (Å²) in [7, 11) is -3.99. The number of aliphatic carboxylic acids is 1. The molecule has 1 atom stereocenters. The number of nitrogens with one attached hydrogen (secondary N) is 1. The summed E-state index contributed by atoms with van der Waals surface area (Å²) < 4.78 is 27.3. The minimum absolute atomic E-state index is 0.00464. The summed E-state index contributed by atoms with van der Waals surface area (Å²) in [5, 5.41) is 11.7. The van der Waals surface area contributed by atoms with E-state index in [4.69, 9.17) is 0 Å². The second-order valence-corrected chi connectivity index (χ2v) is 6.51. The fourth-order valence-electron chi connectivity index (χ4n) is 2.25. The maximum Gasteiger partial charge on any atom is 0.241 e. The van der Waals surface area contributed by atoms with E-state index in [2.05, 4.69) is 4.72 Å². The van der Waals surface area contributed by atoms with E-state index in [-0.39, 0.29) is 11.3 Å². The Labute approximate surface area is 129 Å². The SMILES string of the molecule is CCC(NS(=O)(=O)c1ccccc1)(C(=O)[O-])c1ccccc1. The third kappa shape index (κ3) is 3.03. The predicted octanol–water partition coefficient (Wildman–Crippen LogP) is 1.02. The predicted molar refractivity (Wildman–Crippen MR) is 80.2 cm³/mol. The van der Waals surface area contributed by atoms with Crippen LogP contribution in [0.1, 0.15) is 18.9 Å². The van der Waals surface area contributed by atoms with Crippen LogP contribution in [0.3, 0.4) is 0 Å². The molecule has 0 saturated heterocycles. The lowest BCUT2D eigenvalue weighted by atomic mass is 9.88. The van der Waals surface area contributed by atoms with E-state index in [0.29, 0.717) is 5.56 Å². The van der Waals surface area contributed by atoms with Crippen molar-refractivity contribution in [2.75, 3.05) is 0 Å². The summed E-state index contributed by atoms with van der Waals surface area (Å²) in [5.41, 5.74) is -1.48. The second kappa shape index (κ2) is 6.29. The van der Waals surface area contributed by atoms with E-state index in [1.54, 1.807) is 55.5 Å². The van der Waals surface area contributed by atoms with Crippen molar-refractivity contribution in [3.8, 4) is 0 Å². The van der Waals surface area contributed by atoms with Crippen molar-refractivity contribution in [3.63, 3.8) is 0 Å². The number of carbonyl (C=O) groups is 1. The van der Waals surface area contributed by atoms with Crippen molar-refractivity contribution < 1.29 is 18.3 Å². The minimum atomic E-state index is -3.99. The lowest BCUT2D eigenvalue weighted by molar-refractivity contribution is -0.314. The molecule has 5 nitrogen and oxygen atoms in total. The number of sulfonamides is 1. The summed E-state index contributed by atoms with van der Waals surface area (Å²) >= 11 is 0. The van der Waals surface area contributed by atoms with E-state index in [9.17, 15) is 18.3 Å². The summed E-state index contributed by atoms with van der Waals surface area (Å²) in [5.74, 6) is -1.49. The van der Waals surface area contributed by atoms with Gasteiger partial charge < -0.3 is 9.90 Å². The molecule has 1 N–H and O–H groups in total. The Morgan fingerprint density at radius 1 is 1.05 bits per heavy atom. The number of carboxylic acid groups (broad SMARTS) is 1. The van der Waals surface area contributed by atoms with Crippen LogP contribution in [-0.2, 0) is 20.4 Å². The molecule has 0 aliphatic rings. The fourth-order valence-corrected chi connectivity index (χ4v) is 3.69. The Hall–Kier alpha value is -2.18. The van der Waals surface area contributed by atoms with E-state index >= 15 is 0 Å². The van der Waals surface area contributed by atoms with Gasteiger partial charge in [0.05, 0.1) is 16.4 Å². The van der Waals surface area contributed by atoms with Gasteiger partial charge in [0.2, 0.25) is 10.0 Å². The molecular weight excluding hydrogens is 302 g/mol. The first-order valence-electron chi connectivity index (χ1n) is 6.78. The summed E-state index contributed by atoms with van der Waals surface area (Å²) in [6, 6.07) is 15.8. The van der Waals surface area contributed by atoms with E-state index in [1.165, 1.54) is 12.1 Å². The highest BCUT2D eigenvalue weighted by atomic mass is 32.2. The van der Waals surface area contributed by atoms with Crippen LogP contribution in [0.5, 0.6) is 0 Å². The monoisotopic (exact) mass is 318 g/mol. The van der Waals surface area contributed by atoms with Gasteiger partial charge in [0.15, 0.2) is 0 Å². The van der Waals surface area contributed by atoms with Crippen LogP contribution in [0.2, 0.25) is 0 Å². The molecule has 0 aliphatic carbocycles. The molecule has 2 aromatic carbocycles. The first kappa shape index (κ1) is 16.2. The minimum Gasteiger partial charge on any atom is -0.548 e. The molecule has 0 aliphatic heterocycles. The van der Waals surface area contributed by atoms with Gasteiger partial charge >= 0.3 is 0 Å². The smallest absolute Gasteiger partial charge is 0.241 e. The maximum absolute atomic E-state index is 12.5. The van der Waals surface area contributed by atoms with Crippen LogP contribution >= 0.6 is 0 Å². The zero-order valence-electron chi connectivity index (χ0n) is 12.0. The molecule has 116 valence electrons. The normalized spacial score (nSPS) is 14.2. The highest BCUT2D eigenvalue weighted by Gasteiger charge is 2.36. The van der Waals surface area contributed by atoms with Gasteiger partial charge in [-0.2, -0.15) is 4.72 Å². The lowest BCUT2D eigenvalue weighted by Crippen LogP contribution is -2.57. The highest BCUT2D eigenvalue weighted by molar-refractivity contribution is 7.89. The van der Waals surface area contributed by atoms with Crippen molar-refractivity contribution in [3.05, 3.63) is 66.2 Å². The lowest BCUT2D eigenvalue weighted by Gasteiger charge is -2.35. The quantitative estimate of drug-likeness (QED) is 0.861. The van der Waals surface area contributed by atoms with Crippen LogP contribution < -0.4 is 9.83 Å². The molecule has 0 radical (unpaired) electrons. The topological polar surface area (TPSA) is 86.3 Å². The number of rotatable bonds is 6. The van der Waals surface area contributed by atoms with E-state index in [1.807, 2.05) is 0 Å². The Bertz CT molecular complexity index is 744. The molecule has 0 heterocycles. The molecule has 0 fully saturated rings. The molecule has 0 saturated carbocycles.